The largest absolute Gasteiger partial charge is 0.418 e. The summed E-state index contributed by atoms with van der Waals surface area (Å²) in [6.07, 6.45) is -2.85. The molecule has 0 unspecified atom stereocenters. The van der Waals surface area contributed by atoms with Crippen LogP contribution in [0, 0.1) is 0 Å². The van der Waals surface area contributed by atoms with Gasteiger partial charge in [-0.25, -0.2) is 0 Å². The van der Waals surface area contributed by atoms with Gasteiger partial charge in [0, 0.05) is 22.7 Å². The van der Waals surface area contributed by atoms with Crippen molar-refractivity contribution in [2.45, 2.75) is 25.9 Å². The van der Waals surface area contributed by atoms with Crippen LogP contribution >= 0.6 is 11.6 Å². The molecule has 0 spiro atoms. The van der Waals surface area contributed by atoms with Crippen molar-refractivity contribution >= 4 is 29.1 Å². The molecule has 27 heavy (non-hydrogen) atoms. The van der Waals surface area contributed by atoms with Crippen LogP contribution in [0.2, 0.25) is 5.02 Å². The summed E-state index contributed by atoms with van der Waals surface area (Å²) < 4.78 is 39.3. The fourth-order valence-corrected chi connectivity index (χ4v) is 2.48. The predicted molar refractivity (Wildman–Crippen MR) is 98.1 cm³/mol. The normalized spacial score (nSPS) is 11.1. The number of carbonyl (C=O) groups is 2. The monoisotopic (exact) mass is 398 g/mol. The highest BCUT2D eigenvalue weighted by Gasteiger charge is 2.34. The van der Waals surface area contributed by atoms with Crippen LogP contribution in [-0.2, 0) is 6.18 Å². The Morgan fingerprint density at radius 3 is 2.15 bits per heavy atom. The Bertz CT molecular complexity index is 821. The molecule has 0 aromatic heterocycles. The number of unbranched alkanes of at least 4 members (excludes halogenated alkanes) is 1. The lowest BCUT2D eigenvalue weighted by Gasteiger charge is -2.14. The van der Waals surface area contributed by atoms with Crippen LogP contribution in [0.1, 0.15) is 46.0 Å². The standard InChI is InChI=1S/C19H18ClF3N2O2/c1-2-3-10-24-17(26)12-4-6-13(7-5-12)18(27)25-16-9-8-14(20)11-15(16)19(21,22)23/h4-9,11H,2-3,10H2,1H3,(H,24,26)(H,25,27). The molecule has 8 heteroatoms. The molecule has 0 bridgehead atoms. The van der Waals surface area contributed by atoms with Gasteiger partial charge >= 0.3 is 6.18 Å². The Labute approximate surface area is 159 Å². The summed E-state index contributed by atoms with van der Waals surface area (Å²) in [6, 6.07) is 8.77. The molecule has 4 nitrogen and oxygen atoms in total. The molecular formula is C19H18ClF3N2O2. The Hall–Kier alpha value is -2.54. The quantitative estimate of drug-likeness (QED) is 0.662. The first kappa shape index (κ1) is 20.8. The summed E-state index contributed by atoms with van der Waals surface area (Å²) in [5, 5.41) is 4.89. The number of halogens is 4. The lowest BCUT2D eigenvalue weighted by Crippen LogP contribution is -2.24. The van der Waals surface area contributed by atoms with E-state index in [9.17, 15) is 22.8 Å². The van der Waals surface area contributed by atoms with Crippen LogP contribution in [0.15, 0.2) is 42.5 Å². The molecular weight excluding hydrogens is 381 g/mol. The van der Waals surface area contributed by atoms with Crippen LogP contribution in [0.25, 0.3) is 0 Å². The molecule has 0 fully saturated rings. The molecule has 0 saturated carbocycles. The number of amides is 2. The lowest BCUT2D eigenvalue weighted by atomic mass is 10.1. The van der Waals surface area contributed by atoms with Crippen molar-refractivity contribution in [1.82, 2.24) is 5.32 Å². The molecule has 2 aromatic carbocycles. The number of hydrogen-bond acceptors (Lipinski definition) is 2. The maximum atomic E-state index is 13.1. The lowest BCUT2D eigenvalue weighted by molar-refractivity contribution is -0.136. The van der Waals surface area contributed by atoms with Gasteiger partial charge < -0.3 is 10.6 Å². The van der Waals surface area contributed by atoms with Gasteiger partial charge in [-0.2, -0.15) is 13.2 Å². The van der Waals surface area contributed by atoms with E-state index in [4.69, 9.17) is 11.6 Å². The number of nitrogens with one attached hydrogen (secondary N) is 2. The van der Waals surface area contributed by atoms with Gasteiger partial charge in [0.2, 0.25) is 0 Å². The van der Waals surface area contributed by atoms with E-state index in [-0.39, 0.29) is 16.5 Å². The second kappa shape index (κ2) is 8.90. The van der Waals surface area contributed by atoms with E-state index in [1.165, 1.54) is 30.3 Å². The fraction of sp³-hybridized carbons (Fsp3) is 0.263. The zero-order valence-corrected chi connectivity index (χ0v) is 15.2. The number of carbonyl (C=O) groups excluding carboxylic acids is 2. The van der Waals surface area contributed by atoms with E-state index in [1.807, 2.05) is 6.92 Å². The molecule has 2 rings (SSSR count). The molecule has 2 N–H and O–H groups in total. The number of anilines is 1. The Morgan fingerprint density at radius 2 is 1.59 bits per heavy atom. The fourth-order valence-electron chi connectivity index (χ4n) is 2.31. The summed E-state index contributed by atoms with van der Waals surface area (Å²) >= 11 is 5.62. The highest BCUT2D eigenvalue weighted by molar-refractivity contribution is 6.30. The third-order valence-corrected chi connectivity index (χ3v) is 4.00. The minimum absolute atomic E-state index is 0.0845. The van der Waals surface area contributed by atoms with Crippen LogP contribution < -0.4 is 10.6 Å². The molecule has 2 aromatic rings. The minimum atomic E-state index is -4.66. The first-order valence-electron chi connectivity index (χ1n) is 8.28. The topological polar surface area (TPSA) is 58.2 Å². The smallest absolute Gasteiger partial charge is 0.352 e. The van der Waals surface area contributed by atoms with Gasteiger partial charge in [-0.15, -0.1) is 0 Å². The number of benzene rings is 2. The first-order chi connectivity index (χ1) is 12.7. The highest BCUT2D eigenvalue weighted by Crippen LogP contribution is 2.36. The third kappa shape index (κ3) is 5.72. The predicted octanol–water partition coefficient (Wildman–Crippen LogP) is 5.14. The summed E-state index contributed by atoms with van der Waals surface area (Å²) in [5.74, 6) is -0.992. The van der Waals surface area contributed by atoms with Gasteiger partial charge in [-0.3, -0.25) is 9.59 Å². The van der Waals surface area contributed by atoms with E-state index in [1.54, 1.807) is 0 Å². The molecule has 0 aliphatic heterocycles. The summed E-state index contributed by atoms with van der Waals surface area (Å²) in [7, 11) is 0. The minimum Gasteiger partial charge on any atom is -0.352 e. The van der Waals surface area contributed by atoms with Crippen molar-refractivity contribution in [3.63, 3.8) is 0 Å². The molecule has 0 atom stereocenters. The molecule has 0 heterocycles. The van der Waals surface area contributed by atoms with Crippen molar-refractivity contribution in [3.8, 4) is 0 Å². The molecule has 0 radical (unpaired) electrons. The van der Waals surface area contributed by atoms with Gasteiger partial charge in [0.15, 0.2) is 0 Å². The molecule has 0 aliphatic rings. The van der Waals surface area contributed by atoms with E-state index < -0.39 is 23.3 Å². The van der Waals surface area contributed by atoms with Gasteiger partial charge in [0.25, 0.3) is 11.8 Å². The van der Waals surface area contributed by atoms with Gasteiger partial charge in [0.05, 0.1) is 11.3 Å². The highest BCUT2D eigenvalue weighted by atomic mass is 35.5. The average Bonchev–Trinajstić information content (AvgIpc) is 2.62. The maximum Gasteiger partial charge on any atom is 0.418 e. The zero-order valence-electron chi connectivity index (χ0n) is 14.5. The van der Waals surface area contributed by atoms with Gasteiger partial charge in [-0.1, -0.05) is 24.9 Å². The van der Waals surface area contributed by atoms with E-state index in [0.717, 1.165) is 25.0 Å². The van der Waals surface area contributed by atoms with Gasteiger partial charge in [0.1, 0.15) is 0 Å². The summed E-state index contributed by atoms with van der Waals surface area (Å²) in [6.45, 7) is 2.55. The Balaban J connectivity index is 2.12. The van der Waals surface area contributed by atoms with Crippen molar-refractivity contribution in [3.05, 3.63) is 64.2 Å². The van der Waals surface area contributed by atoms with Gasteiger partial charge in [-0.05, 0) is 48.9 Å². The molecule has 2 amide bonds. The van der Waals surface area contributed by atoms with E-state index >= 15 is 0 Å². The van der Waals surface area contributed by atoms with Crippen LogP contribution in [-0.4, -0.2) is 18.4 Å². The number of hydrogen-bond donors (Lipinski definition) is 2. The van der Waals surface area contributed by atoms with Crippen LogP contribution in [0.5, 0.6) is 0 Å². The second-order valence-electron chi connectivity index (χ2n) is 5.83. The van der Waals surface area contributed by atoms with Crippen molar-refractivity contribution in [1.29, 1.82) is 0 Å². The Morgan fingerprint density at radius 1 is 1.00 bits per heavy atom. The number of rotatable bonds is 6. The van der Waals surface area contributed by atoms with E-state index in [0.29, 0.717) is 12.1 Å². The third-order valence-electron chi connectivity index (χ3n) is 3.76. The average molecular weight is 399 g/mol. The molecule has 144 valence electrons. The van der Waals surface area contributed by atoms with Crippen molar-refractivity contribution < 1.29 is 22.8 Å². The second-order valence-corrected chi connectivity index (χ2v) is 6.27. The first-order valence-corrected chi connectivity index (χ1v) is 8.66. The van der Waals surface area contributed by atoms with Crippen molar-refractivity contribution in [2.75, 3.05) is 11.9 Å². The van der Waals surface area contributed by atoms with Crippen LogP contribution in [0.3, 0.4) is 0 Å². The summed E-state index contributed by atoms with van der Waals surface area (Å²) in [4.78, 5) is 24.2. The summed E-state index contributed by atoms with van der Waals surface area (Å²) in [5.41, 5.74) is -0.929. The molecule has 0 aliphatic carbocycles. The number of alkyl halides is 3. The zero-order chi connectivity index (χ0) is 20.0. The van der Waals surface area contributed by atoms with E-state index in [2.05, 4.69) is 10.6 Å². The van der Waals surface area contributed by atoms with Crippen molar-refractivity contribution in [2.24, 2.45) is 0 Å². The molecule has 0 saturated heterocycles. The SMILES string of the molecule is CCCCNC(=O)c1ccc(C(=O)Nc2ccc(Cl)cc2C(F)(F)F)cc1. The Kier molecular flexibility index (Phi) is 6.85. The maximum absolute atomic E-state index is 13.1. The van der Waals surface area contributed by atoms with Crippen LogP contribution in [0.4, 0.5) is 18.9 Å².